The number of carbonyl (C=O) groups is 1. The van der Waals surface area contributed by atoms with E-state index in [1.54, 1.807) is 25.1 Å². The molecule has 0 saturated carbocycles. The SMILES string of the molecule is CC[C@H](N)C(=O)Nc1ccccc1C(C)O. The van der Waals surface area contributed by atoms with Crippen molar-refractivity contribution in [3.05, 3.63) is 29.8 Å². The maximum absolute atomic E-state index is 11.6. The Morgan fingerprint density at radius 3 is 2.69 bits per heavy atom. The van der Waals surface area contributed by atoms with E-state index in [2.05, 4.69) is 5.32 Å². The van der Waals surface area contributed by atoms with Gasteiger partial charge in [0.25, 0.3) is 0 Å². The molecule has 2 atom stereocenters. The van der Waals surface area contributed by atoms with Crippen LogP contribution in [-0.4, -0.2) is 17.1 Å². The fourth-order valence-corrected chi connectivity index (χ4v) is 1.39. The van der Waals surface area contributed by atoms with Gasteiger partial charge in [0.15, 0.2) is 0 Å². The first-order chi connectivity index (χ1) is 7.56. The highest BCUT2D eigenvalue weighted by Crippen LogP contribution is 2.22. The van der Waals surface area contributed by atoms with E-state index in [1.807, 2.05) is 13.0 Å². The van der Waals surface area contributed by atoms with Gasteiger partial charge in [0, 0.05) is 11.3 Å². The van der Waals surface area contributed by atoms with Crippen molar-refractivity contribution in [2.45, 2.75) is 32.4 Å². The fraction of sp³-hybridized carbons (Fsp3) is 0.417. The first-order valence-electron chi connectivity index (χ1n) is 5.39. The summed E-state index contributed by atoms with van der Waals surface area (Å²) in [6.07, 6.45) is -0.0304. The zero-order chi connectivity index (χ0) is 12.1. The lowest BCUT2D eigenvalue weighted by molar-refractivity contribution is -0.117. The molecule has 4 N–H and O–H groups in total. The third-order valence-corrected chi connectivity index (χ3v) is 2.45. The van der Waals surface area contributed by atoms with Crippen LogP contribution in [-0.2, 0) is 4.79 Å². The number of aliphatic hydroxyl groups is 1. The molecule has 0 radical (unpaired) electrons. The molecule has 0 aliphatic rings. The summed E-state index contributed by atoms with van der Waals surface area (Å²) in [7, 11) is 0. The van der Waals surface area contributed by atoms with Gasteiger partial charge in [-0.15, -0.1) is 0 Å². The molecule has 0 spiro atoms. The van der Waals surface area contributed by atoms with Crippen LogP contribution in [0.4, 0.5) is 5.69 Å². The third-order valence-electron chi connectivity index (χ3n) is 2.45. The largest absolute Gasteiger partial charge is 0.389 e. The van der Waals surface area contributed by atoms with Crippen molar-refractivity contribution in [2.75, 3.05) is 5.32 Å². The minimum absolute atomic E-state index is 0.226. The smallest absolute Gasteiger partial charge is 0.241 e. The Hall–Kier alpha value is -1.39. The van der Waals surface area contributed by atoms with E-state index in [0.717, 1.165) is 0 Å². The molecule has 4 heteroatoms. The Morgan fingerprint density at radius 1 is 1.50 bits per heavy atom. The van der Waals surface area contributed by atoms with Gasteiger partial charge in [-0.25, -0.2) is 0 Å². The number of anilines is 1. The minimum Gasteiger partial charge on any atom is -0.389 e. The molecular weight excluding hydrogens is 204 g/mol. The van der Waals surface area contributed by atoms with E-state index >= 15 is 0 Å². The van der Waals surface area contributed by atoms with Crippen LogP contribution in [0.3, 0.4) is 0 Å². The van der Waals surface area contributed by atoms with E-state index < -0.39 is 12.1 Å². The molecule has 0 aliphatic carbocycles. The fourth-order valence-electron chi connectivity index (χ4n) is 1.39. The maximum atomic E-state index is 11.6. The lowest BCUT2D eigenvalue weighted by Crippen LogP contribution is -2.35. The third kappa shape index (κ3) is 3.05. The van der Waals surface area contributed by atoms with E-state index in [-0.39, 0.29) is 5.91 Å². The minimum atomic E-state index is -0.616. The molecule has 16 heavy (non-hydrogen) atoms. The number of para-hydroxylation sites is 1. The number of nitrogens with one attached hydrogen (secondary N) is 1. The summed E-state index contributed by atoms with van der Waals surface area (Å²) in [6, 6.07) is 6.64. The number of carbonyl (C=O) groups excluding carboxylic acids is 1. The Morgan fingerprint density at radius 2 is 2.12 bits per heavy atom. The first-order valence-corrected chi connectivity index (χ1v) is 5.39. The van der Waals surface area contributed by atoms with Gasteiger partial charge in [0.1, 0.15) is 0 Å². The molecule has 0 fully saturated rings. The highest BCUT2D eigenvalue weighted by Gasteiger charge is 2.14. The molecule has 0 aliphatic heterocycles. The number of hydrogen-bond acceptors (Lipinski definition) is 3. The van der Waals surface area contributed by atoms with Gasteiger partial charge in [-0.1, -0.05) is 25.1 Å². The van der Waals surface area contributed by atoms with Crippen LogP contribution in [0, 0.1) is 0 Å². The van der Waals surface area contributed by atoms with Crippen LogP contribution in [0.2, 0.25) is 0 Å². The summed E-state index contributed by atoms with van der Waals surface area (Å²) in [6.45, 7) is 3.51. The van der Waals surface area contributed by atoms with Crippen LogP contribution in [0.1, 0.15) is 31.9 Å². The molecule has 1 unspecified atom stereocenters. The van der Waals surface area contributed by atoms with Gasteiger partial charge >= 0.3 is 0 Å². The van der Waals surface area contributed by atoms with Crippen molar-refractivity contribution in [1.29, 1.82) is 0 Å². The first kappa shape index (κ1) is 12.7. The van der Waals surface area contributed by atoms with Crippen molar-refractivity contribution in [3.8, 4) is 0 Å². The number of aliphatic hydroxyl groups excluding tert-OH is 1. The summed E-state index contributed by atoms with van der Waals surface area (Å²) in [5, 5.41) is 12.2. The second-order valence-electron chi connectivity index (χ2n) is 3.77. The number of benzene rings is 1. The monoisotopic (exact) mass is 222 g/mol. The Balaban J connectivity index is 2.84. The maximum Gasteiger partial charge on any atom is 0.241 e. The average Bonchev–Trinajstić information content (AvgIpc) is 2.28. The highest BCUT2D eigenvalue weighted by molar-refractivity contribution is 5.95. The van der Waals surface area contributed by atoms with Crippen molar-refractivity contribution < 1.29 is 9.90 Å². The number of rotatable bonds is 4. The van der Waals surface area contributed by atoms with Crippen molar-refractivity contribution in [2.24, 2.45) is 5.73 Å². The van der Waals surface area contributed by atoms with Crippen LogP contribution in [0.5, 0.6) is 0 Å². The molecule has 88 valence electrons. The molecule has 1 amide bonds. The summed E-state index contributed by atoms with van der Waals surface area (Å²) >= 11 is 0. The average molecular weight is 222 g/mol. The van der Waals surface area contributed by atoms with Gasteiger partial charge in [0.05, 0.1) is 12.1 Å². The molecule has 0 heterocycles. The summed E-state index contributed by atoms with van der Waals surface area (Å²) in [5.74, 6) is -0.226. The Labute approximate surface area is 95.5 Å². The number of nitrogens with two attached hydrogens (primary N) is 1. The second kappa shape index (κ2) is 5.63. The molecular formula is C12H18N2O2. The molecule has 0 saturated heterocycles. The zero-order valence-electron chi connectivity index (χ0n) is 9.60. The van der Waals surface area contributed by atoms with Crippen LogP contribution >= 0.6 is 0 Å². The zero-order valence-corrected chi connectivity index (χ0v) is 9.60. The van der Waals surface area contributed by atoms with Crippen LogP contribution in [0.25, 0.3) is 0 Å². The summed E-state index contributed by atoms with van der Waals surface area (Å²) in [5.41, 5.74) is 6.93. The molecule has 1 aromatic rings. The lowest BCUT2D eigenvalue weighted by Gasteiger charge is -2.15. The summed E-state index contributed by atoms with van der Waals surface area (Å²) < 4.78 is 0. The van der Waals surface area contributed by atoms with Gasteiger partial charge in [-0.2, -0.15) is 0 Å². The molecule has 0 bridgehead atoms. The van der Waals surface area contributed by atoms with Crippen LogP contribution in [0.15, 0.2) is 24.3 Å². The standard InChI is InChI=1S/C12H18N2O2/c1-3-10(13)12(16)14-11-7-5-4-6-9(11)8(2)15/h4-8,10,15H,3,13H2,1-2H3,(H,14,16)/t8?,10-/m0/s1. The van der Waals surface area contributed by atoms with Gasteiger partial charge in [-0.3, -0.25) is 4.79 Å². The van der Waals surface area contributed by atoms with E-state index in [1.165, 1.54) is 0 Å². The van der Waals surface area contributed by atoms with Crippen LogP contribution < -0.4 is 11.1 Å². The van der Waals surface area contributed by atoms with Crippen molar-refractivity contribution in [1.82, 2.24) is 0 Å². The predicted molar refractivity (Wildman–Crippen MR) is 64.0 cm³/mol. The van der Waals surface area contributed by atoms with Crippen molar-refractivity contribution in [3.63, 3.8) is 0 Å². The lowest BCUT2D eigenvalue weighted by atomic mass is 10.1. The highest BCUT2D eigenvalue weighted by atomic mass is 16.3. The number of amides is 1. The van der Waals surface area contributed by atoms with Gasteiger partial charge in [-0.05, 0) is 19.4 Å². The van der Waals surface area contributed by atoms with Gasteiger partial charge < -0.3 is 16.2 Å². The van der Waals surface area contributed by atoms with E-state index in [9.17, 15) is 9.90 Å². The molecule has 1 aromatic carbocycles. The molecule has 0 aromatic heterocycles. The predicted octanol–water partition coefficient (Wildman–Crippen LogP) is 1.42. The quantitative estimate of drug-likeness (QED) is 0.721. The Bertz CT molecular complexity index is 364. The topological polar surface area (TPSA) is 75.4 Å². The Kier molecular flexibility index (Phi) is 4.46. The van der Waals surface area contributed by atoms with E-state index in [0.29, 0.717) is 17.7 Å². The van der Waals surface area contributed by atoms with Gasteiger partial charge in [0.2, 0.25) is 5.91 Å². The van der Waals surface area contributed by atoms with E-state index in [4.69, 9.17) is 5.73 Å². The summed E-state index contributed by atoms with van der Waals surface area (Å²) in [4.78, 5) is 11.6. The normalized spacial score (nSPS) is 14.2. The molecule has 1 rings (SSSR count). The molecule has 4 nitrogen and oxygen atoms in total. The second-order valence-corrected chi connectivity index (χ2v) is 3.77. The van der Waals surface area contributed by atoms with Crippen molar-refractivity contribution >= 4 is 11.6 Å². The number of hydrogen-bond donors (Lipinski definition) is 3.